The molecule has 0 rings (SSSR count). The zero-order valence-electron chi connectivity index (χ0n) is 11.3. The average Bonchev–Trinajstić information content (AvgIpc) is 2.25. The maximum absolute atomic E-state index is 11.2. The molecule has 114 valence electrons. The fourth-order valence-electron chi connectivity index (χ4n) is 0.700. The zero-order valence-corrected chi connectivity index (χ0v) is 17.8. The van der Waals surface area contributed by atoms with Gasteiger partial charge in [-0.3, -0.25) is 9.05 Å². The molecule has 0 saturated heterocycles. The van der Waals surface area contributed by atoms with Gasteiger partial charge in [0.15, 0.2) is 0 Å². The molecule has 19 heavy (non-hydrogen) atoms. The molecule has 0 spiro atoms. The molecular weight excluding hydrogens is 420 g/mol. The first kappa shape index (κ1) is 22.8. The first-order valence-electron chi connectivity index (χ1n) is 5.41. The van der Waals surface area contributed by atoms with E-state index in [9.17, 15) is 4.57 Å². The molecule has 0 aliphatic heterocycles. The van der Waals surface area contributed by atoms with Gasteiger partial charge in [-0.25, -0.2) is 4.57 Å². The van der Waals surface area contributed by atoms with Crippen LogP contribution in [0.1, 0.15) is 0 Å². The molecule has 7 nitrogen and oxygen atoms in total. The van der Waals surface area contributed by atoms with E-state index in [0.29, 0.717) is 11.0 Å². The van der Waals surface area contributed by atoms with Crippen molar-refractivity contribution >= 4 is 24.5 Å². The number of phosphoric acid groups is 1. The van der Waals surface area contributed by atoms with Crippen molar-refractivity contribution in [3.63, 3.8) is 0 Å². The number of halogens is 2. The third kappa shape index (κ3) is 19.5. The molecule has 2 atom stereocenters. The van der Waals surface area contributed by atoms with E-state index in [1.165, 1.54) is 0 Å². The van der Waals surface area contributed by atoms with E-state index >= 15 is 0 Å². The number of rotatable bonds is 8. The van der Waals surface area contributed by atoms with Crippen molar-refractivity contribution in [3.8, 4) is 0 Å². The summed E-state index contributed by atoms with van der Waals surface area (Å²) in [7, 11) is 11.6. The van der Waals surface area contributed by atoms with Crippen molar-refractivity contribution in [2.45, 2.75) is 6.10 Å². The molecule has 2 unspecified atom stereocenters. The normalized spacial score (nSPS) is 15.8. The molecule has 0 fully saturated rings. The molecule has 0 amide bonds. The average molecular weight is 442 g/mol. The minimum absolute atomic E-state index is 0.0759. The molecule has 0 aliphatic rings. The number of likely N-dealkylation sites (N-methyl/N-ethyl adjacent to an activating group) is 1. The van der Waals surface area contributed by atoms with Crippen molar-refractivity contribution in [1.29, 1.82) is 0 Å². The third-order valence-electron chi connectivity index (χ3n) is 1.66. The second-order valence-electron chi connectivity index (χ2n) is 4.55. The van der Waals surface area contributed by atoms with Gasteiger partial charge in [0.25, 0.3) is 0 Å². The number of hydrogen-bond acceptors (Lipinski definition) is 5. The second-order valence-corrected chi connectivity index (χ2v) is 12.0. The van der Waals surface area contributed by atoms with Crippen LogP contribution >= 0.6 is 24.5 Å². The molecule has 0 saturated carbocycles. The Morgan fingerprint density at radius 1 is 1.32 bits per heavy atom. The molecule has 0 aromatic heterocycles. The summed E-state index contributed by atoms with van der Waals surface area (Å²) < 4.78 is 21.0. The Kier molecular flexibility index (Phi) is 14.5. The van der Waals surface area contributed by atoms with Gasteiger partial charge in [-0.15, -0.1) is 0 Å². The quantitative estimate of drug-likeness (QED) is 0.289. The molecule has 0 aliphatic carbocycles. The van der Waals surface area contributed by atoms with E-state index in [1.54, 1.807) is 0 Å². The van der Waals surface area contributed by atoms with Gasteiger partial charge in [-0.1, -0.05) is 0 Å². The van der Waals surface area contributed by atoms with Crippen LogP contribution < -0.4 is 0 Å². The topological polar surface area (TPSA) is 96.2 Å². The molecule has 0 bridgehead atoms. The Morgan fingerprint density at radius 2 is 1.79 bits per heavy atom. The summed E-state index contributed by atoms with van der Waals surface area (Å²) in [5, 5.41) is 17.4. The minimum atomic E-state index is -4.13. The van der Waals surface area contributed by atoms with Crippen LogP contribution in [0, 0.1) is 0 Å². The number of phosphoric ester groups is 1. The zero-order chi connectivity index (χ0) is 15.5. The molecule has 0 radical (unpaired) electrons. The second kappa shape index (κ2) is 12.1. The van der Waals surface area contributed by atoms with Crippen molar-refractivity contribution in [2.24, 2.45) is 0 Å². The predicted molar refractivity (Wildman–Crippen MR) is 69.4 cm³/mol. The summed E-state index contributed by atoms with van der Waals surface area (Å²) in [4.78, 5) is 9.17. The maximum atomic E-state index is 11.2. The number of nitrogens with zero attached hydrogens (tertiary/aromatic N) is 1. The van der Waals surface area contributed by atoms with Crippen molar-refractivity contribution in [3.05, 3.63) is 0 Å². The van der Waals surface area contributed by atoms with Gasteiger partial charge < -0.3 is 19.6 Å². The Morgan fingerprint density at radius 3 is 2.16 bits per heavy atom. The SMILES string of the molecule is C[N+](C)(C)CCOP(=O)(O)OCC(O)CO.[Cl][Cd][Cl]. The van der Waals surface area contributed by atoms with Gasteiger partial charge in [0.1, 0.15) is 19.3 Å². The predicted octanol–water partition coefficient (Wildman–Crippen LogP) is 0.556. The van der Waals surface area contributed by atoms with Crippen molar-refractivity contribution < 1.29 is 55.0 Å². The van der Waals surface area contributed by atoms with E-state index in [1.807, 2.05) is 21.1 Å². The fourth-order valence-corrected chi connectivity index (χ4v) is 1.45. The van der Waals surface area contributed by atoms with Crippen LogP contribution in [0.4, 0.5) is 0 Å². The summed E-state index contributed by atoms with van der Waals surface area (Å²) in [6.45, 7) is -0.337. The Hall–Kier alpha value is 1.49. The van der Waals surface area contributed by atoms with Crippen molar-refractivity contribution in [2.75, 3.05) is 47.5 Å². The van der Waals surface area contributed by atoms with E-state index in [4.69, 9.17) is 31.7 Å². The van der Waals surface area contributed by atoms with E-state index in [2.05, 4.69) is 9.05 Å². The standard InChI is InChI=1S/C8H20NO6P.Cd.2ClH/c1-9(2,3)4-5-14-16(12,13)15-7-8(11)6-10;;;/h8,10-11H,4-7H2,1-3H3;;2*1H/q;+2;;/p-1. The summed E-state index contributed by atoms with van der Waals surface area (Å²) in [5.41, 5.74) is 0. The molecule has 0 heterocycles. The van der Waals surface area contributed by atoms with Crippen LogP contribution in [-0.4, -0.2) is 73.2 Å². The van der Waals surface area contributed by atoms with Crippen molar-refractivity contribution in [1.82, 2.24) is 0 Å². The van der Waals surface area contributed by atoms with Gasteiger partial charge in [0.05, 0.1) is 34.4 Å². The Balaban J connectivity index is 0. The summed E-state index contributed by atoms with van der Waals surface area (Å²) >= 11 is -1.07. The van der Waals surface area contributed by atoms with E-state index in [-0.39, 0.29) is 6.61 Å². The van der Waals surface area contributed by atoms with E-state index < -0.39 is 48.9 Å². The molecule has 3 N–H and O–H groups in total. The summed E-state index contributed by atoms with van der Waals surface area (Å²) in [5.74, 6) is 0. The number of aliphatic hydroxyl groups is 2. The first-order valence-corrected chi connectivity index (χ1v) is 17.1. The van der Waals surface area contributed by atoms with Crippen LogP contribution in [0.15, 0.2) is 0 Å². The van der Waals surface area contributed by atoms with Gasteiger partial charge >= 0.3 is 46.2 Å². The number of quaternary nitrogens is 1. The Bertz CT molecular complexity index is 268. The third-order valence-corrected chi connectivity index (χ3v) is 2.64. The van der Waals surface area contributed by atoms with Crippen LogP contribution in [0.5, 0.6) is 0 Å². The molecular formula is C8H21CdCl2NO6P+. The first-order chi connectivity index (χ1) is 8.58. The summed E-state index contributed by atoms with van der Waals surface area (Å²) in [6, 6.07) is 0. The molecule has 0 aromatic carbocycles. The molecule has 0 aromatic rings. The summed E-state index contributed by atoms with van der Waals surface area (Å²) in [6.07, 6.45) is -1.18. The molecule has 11 heteroatoms. The van der Waals surface area contributed by atoms with Gasteiger partial charge in [0, 0.05) is 0 Å². The number of hydrogen-bond donors (Lipinski definition) is 3. The van der Waals surface area contributed by atoms with Gasteiger partial charge in [-0.05, 0) is 0 Å². The van der Waals surface area contributed by atoms with Crippen LogP contribution in [-0.2, 0) is 35.4 Å². The van der Waals surface area contributed by atoms with Gasteiger partial charge in [0.2, 0.25) is 0 Å². The monoisotopic (exact) mass is 442 g/mol. The number of aliphatic hydroxyl groups excluding tert-OH is 2. The fraction of sp³-hybridized carbons (Fsp3) is 1.00. The Labute approximate surface area is 132 Å². The van der Waals surface area contributed by atoms with Crippen LogP contribution in [0.3, 0.4) is 0 Å². The van der Waals surface area contributed by atoms with E-state index in [0.717, 1.165) is 0 Å². The van der Waals surface area contributed by atoms with Crippen LogP contribution in [0.25, 0.3) is 0 Å². The van der Waals surface area contributed by atoms with Crippen LogP contribution in [0.2, 0.25) is 0 Å². The van der Waals surface area contributed by atoms with Gasteiger partial charge in [-0.2, -0.15) is 0 Å².